The molecule has 1 aromatic heterocycles. The molecule has 8 nitrogen and oxygen atoms in total. The van der Waals surface area contributed by atoms with Gasteiger partial charge in [0.25, 0.3) is 0 Å². The van der Waals surface area contributed by atoms with E-state index in [1.54, 1.807) is 42.6 Å². The number of benzene rings is 2. The SMILES string of the molecule is CS(=O)(=O)c1ccc(-c2cnc([C@@H]3COCCN3Cc3ccc(C(=O)O)cc3)[nH]2)cc1. The molecule has 0 bridgehead atoms. The molecule has 1 atom stereocenters. The van der Waals surface area contributed by atoms with Crippen molar-refractivity contribution in [3.63, 3.8) is 0 Å². The van der Waals surface area contributed by atoms with Crippen LogP contribution in [0, 0.1) is 0 Å². The number of morpholine rings is 1. The molecule has 9 heteroatoms. The van der Waals surface area contributed by atoms with Crippen molar-refractivity contribution in [3.05, 3.63) is 71.7 Å². The number of carboxylic acid groups (broad SMARTS) is 1. The highest BCUT2D eigenvalue weighted by molar-refractivity contribution is 7.90. The maximum atomic E-state index is 11.7. The van der Waals surface area contributed by atoms with E-state index < -0.39 is 15.8 Å². The number of sulfone groups is 1. The Morgan fingerprint density at radius 1 is 1.19 bits per heavy atom. The van der Waals surface area contributed by atoms with Crippen LogP contribution in [0.1, 0.15) is 27.8 Å². The van der Waals surface area contributed by atoms with Crippen LogP contribution in [0.25, 0.3) is 11.3 Å². The Morgan fingerprint density at radius 2 is 1.90 bits per heavy atom. The first-order valence-electron chi connectivity index (χ1n) is 9.81. The molecule has 1 saturated heterocycles. The minimum Gasteiger partial charge on any atom is -0.478 e. The van der Waals surface area contributed by atoms with E-state index in [0.29, 0.717) is 19.8 Å². The molecule has 0 aliphatic carbocycles. The third-order valence-electron chi connectivity index (χ3n) is 5.33. The standard InChI is InChI=1S/C22H23N3O5S/c1-31(28,29)18-8-6-16(7-9-18)19-12-23-21(24-19)20-14-30-11-10-25(20)13-15-2-4-17(5-3-15)22(26)27/h2-9,12,20H,10-11,13-14H2,1H3,(H,23,24)(H,26,27)/t20-/m0/s1. The van der Waals surface area contributed by atoms with E-state index in [1.165, 1.54) is 6.26 Å². The molecule has 1 aliphatic rings. The van der Waals surface area contributed by atoms with Gasteiger partial charge in [-0.15, -0.1) is 0 Å². The average Bonchev–Trinajstić information content (AvgIpc) is 3.24. The fourth-order valence-electron chi connectivity index (χ4n) is 3.60. The summed E-state index contributed by atoms with van der Waals surface area (Å²) in [5.74, 6) is -0.174. The second-order valence-electron chi connectivity index (χ2n) is 7.54. The Balaban J connectivity index is 1.52. The van der Waals surface area contributed by atoms with Gasteiger partial charge in [-0.1, -0.05) is 24.3 Å². The quantitative estimate of drug-likeness (QED) is 0.605. The maximum Gasteiger partial charge on any atom is 0.335 e. The number of nitrogens with one attached hydrogen (secondary N) is 1. The summed E-state index contributed by atoms with van der Waals surface area (Å²) in [4.78, 5) is 21.5. The Kier molecular flexibility index (Phi) is 5.90. The van der Waals surface area contributed by atoms with Crippen molar-refractivity contribution >= 4 is 15.8 Å². The first-order chi connectivity index (χ1) is 14.8. The molecule has 0 amide bonds. The van der Waals surface area contributed by atoms with E-state index in [0.717, 1.165) is 29.2 Å². The Hall–Kier alpha value is -3.01. The minimum atomic E-state index is -3.24. The first-order valence-corrected chi connectivity index (χ1v) is 11.7. The van der Waals surface area contributed by atoms with Gasteiger partial charge in [-0.25, -0.2) is 18.2 Å². The van der Waals surface area contributed by atoms with Gasteiger partial charge in [-0.3, -0.25) is 4.90 Å². The fourth-order valence-corrected chi connectivity index (χ4v) is 4.23. The van der Waals surface area contributed by atoms with Crippen LogP contribution in [0.4, 0.5) is 0 Å². The number of hydrogen-bond acceptors (Lipinski definition) is 6. The van der Waals surface area contributed by atoms with Crippen molar-refractivity contribution in [2.45, 2.75) is 17.5 Å². The average molecular weight is 442 g/mol. The van der Waals surface area contributed by atoms with Crippen molar-refractivity contribution in [2.24, 2.45) is 0 Å². The zero-order chi connectivity index (χ0) is 22.0. The third kappa shape index (κ3) is 4.84. The van der Waals surface area contributed by atoms with Gasteiger partial charge in [0.1, 0.15) is 5.82 Å². The number of imidazole rings is 1. The Bertz CT molecular complexity index is 1170. The monoisotopic (exact) mass is 441 g/mol. The van der Waals surface area contributed by atoms with Gasteiger partial charge in [-0.2, -0.15) is 0 Å². The highest BCUT2D eigenvalue weighted by Crippen LogP contribution is 2.27. The van der Waals surface area contributed by atoms with E-state index in [9.17, 15) is 13.2 Å². The zero-order valence-corrected chi connectivity index (χ0v) is 17.8. The lowest BCUT2D eigenvalue weighted by atomic mass is 10.1. The van der Waals surface area contributed by atoms with Crippen LogP contribution in [0.3, 0.4) is 0 Å². The first kappa shape index (κ1) is 21.2. The molecule has 2 aromatic carbocycles. The second-order valence-corrected chi connectivity index (χ2v) is 9.56. The van der Waals surface area contributed by atoms with Gasteiger partial charge < -0.3 is 14.8 Å². The molecule has 0 saturated carbocycles. The molecule has 31 heavy (non-hydrogen) atoms. The zero-order valence-electron chi connectivity index (χ0n) is 17.0. The third-order valence-corrected chi connectivity index (χ3v) is 6.46. The number of aromatic carboxylic acids is 1. The van der Waals surface area contributed by atoms with E-state index in [2.05, 4.69) is 14.9 Å². The van der Waals surface area contributed by atoms with Crippen LogP contribution in [-0.4, -0.2) is 60.4 Å². The van der Waals surface area contributed by atoms with Crippen LogP contribution in [0.15, 0.2) is 59.6 Å². The van der Waals surface area contributed by atoms with Crippen molar-refractivity contribution in [3.8, 4) is 11.3 Å². The summed E-state index contributed by atoms with van der Waals surface area (Å²) >= 11 is 0. The van der Waals surface area contributed by atoms with Crippen LogP contribution < -0.4 is 0 Å². The van der Waals surface area contributed by atoms with Crippen LogP contribution in [0.2, 0.25) is 0 Å². The Morgan fingerprint density at radius 3 is 2.55 bits per heavy atom. The lowest BCUT2D eigenvalue weighted by Gasteiger charge is -2.34. The molecular weight excluding hydrogens is 418 g/mol. The highest BCUT2D eigenvalue weighted by atomic mass is 32.2. The van der Waals surface area contributed by atoms with Gasteiger partial charge >= 0.3 is 5.97 Å². The van der Waals surface area contributed by atoms with E-state index >= 15 is 0 Å². The lowest BCUT2D eigenvalue weighted by molar-refractivity contribution is -0.0156. The number of carboxylic acids is 1. The molecule has 3 aromatic rings. The number of rotatable bonds is 6. The number of aromatic amines is 1. The van der Waals surface area contributed by atoms with Crippen molar-refractivity contribution in [2.75, 3.05) is 26.0 Å². The van der Waals surface area contributed by atoms with E-state index in [4.69, 9.17) is 9.84 Å². The van der Waals surface area contributed by atoms with Crippen molar-refractivity contribution < 1.29 is 23.1 Å². The normalized spacial score (nSPS) is 17.5. The molecule has 0 radical (unpaired) electrons. The van der Waals surface area contributed by atoms with E-state index in [-0.39, 0.29) is 16.5 Å². The minimum absolute atomic E-state index is 0.0723. The Labute approximate surface area is 180 Å². The van der Waals surface area contributed by atoms with Crippen molar-refractivity contribution in [1.29, 1.82) is 0 Å². The summed E-state index contributed by atoms with van der Waals surface area (Å²) in [6.07, 6.45) is 2.92. The number of hydrogen-bond donors (Lipinski definition) is 2. The molecule has 2 heterocycles. The molecule has 0 spiro atoms. The van der Waals surface area contributed by atoms with Gasteiger partial charge in [-0.05, 0) is 35.4 Å². The molecule has 1 fully saturated rings. The van der Waals surface area contributed by atoms with Gasteiger partial charge in [0.05, 0.1) is 41.6 Å². The predicted molar refractivity (Wildman–Crippen MR) is 115 cm³/mol. The number of carbonyl (C=O) groups is 1. The summed E-state index contributed by atoms with van der Waals surface area (Å²) in [5.41, 5.74) is 2.92. The van der Waals surface area contributed by atoms with Gasteiger partial charge in [0, 0.05) is 19.3 Å². The summed E-state index contributed by atoms with van der Waals surface area (Å²) in [5, 5.41) is 9.07. The van der Waals surface area contributed by atoms with Crippen LogP contribution >= 0.6 is 0 Å². The summed E-state index contributed by atoms with van der Waals surface area (Å²) in [6, 6.07) is 13.5. The lowest BCUT2D eigenvalue weighted by Crippen LogP contribution is -2.39. The maximum absolute atomic E-state index is 11.7. The molecule has 1 aliphatic heterocycles. The summed E-state index contributed by atoms with van der Waals surface area (Å²) in [6.45, 7) is 2.48. The number of nitrogens with zero attached hydrogens (tertiary/aromatic N) is 2. The topological polar surface area (TPSA) is 113 Å². The smallest absolute Gasteiger partial charge is 0.335 e. The summed E-state index contributed by atoms with van der Waals surface area (Å²) < 4.78 is 29.0. The molecule has 2 N–H and O–H groups in total. The highest BCUT2D eigenvalue weighted by Gasteiger charge is 2.27. The number of H-pyrrole nitrogens is 1. The fraction of sp³-hybridized carbons (Fsp3) is 0.273. The largest absolute Gasteiger partial charge is 0.478 e. The molecule has 0 unspecified atom stereocenters. The van der Waals surface area contributed by atoms with E-state index in [1.807, 2.05) is 12.1 Å². The molecular formula is C22H23N3O5S. The molecule has 162 valence electrons. The van der Waals surface area contributed by atoms with Gasteiger partial charge in [0.15, 0.2) is 9.84 Å². The molecule has 4 rings (SSSR count). The summed E-state index contributed by atoms with van der Waals surface area (Å²) in [7, 11) is -3.24. The van der Waals surface area contributed by atoms with Gasteiger partial charge in [0.2, 0.25) is 0 Å². The van der Waals surface area contributed by atoms with Crippen LogP contribution in [0.5, 0.6) is 0 Å². The second kappa shape index (κ2) is 8.62. The van der Waals surface area contributed by atoms with Crippen LogP contribution in [-0.2, 0) is 21.1 Å². The number of aromatic nitrogens is 2. The number of ether oxygens (including phenoxy) is 1. The van der Waals surface area contributed by atoms with Crippen molar-refractivity contribution in [1.82, 2.24) is 14.9 Å². The predicted octanol–water partition coefficient (Wildman–Crippen LogP) is 2.75.